The van der Waals surface area contributed by atoms with Crippen LogP contribution in [0.5, 0.6) is 0 Å². The van der Waals surface area contributed by atoms with Crippen LogP contribution in [0.25, 0.3) is 0 Å². The summed E-state index contributed by atoms with van der Waals surface area (Å²) < 4.78 is 26.3. The molecule has 0 spiro atoms. The lowest BCUT2D eigenvalue weighted by Gasteiger charge is -2.23. The third kappa shape index (κ3) is 5.67. The van der Waals surface area contributed by atoms with Gasteiger partial charge in [-0.25, -0.2) is 8.42 Å². The van der Waals surface area contributed by atoms with Crippen molar-refractivity contribution in [3.63, 3.8) is 0 Å². The average Bonchev–Trinajstić information content (AvgIpc) is 3.10. The van der Waals surface area contributed by atoms with Crippen molar-refractivity contribution >= 4 is 34.0 Å². The SMILES string of the molecule is CCN(CC)S(=O)(=O)c1ccc(NC(=O)CN(C)C2CCCC2)cc1.Cl. The van der Waals surface area contributed by atoms with Crippen molar-refractivity contribution in [3.8, 4) is 0 Å². The summed E-state index contributed by atoms with van der Waals surface area (Å²) in [6.45, 7) is 4.85. The molecule has 8 heteroatoms. The number of anilines is 1. The Labute approximate surface area is 163 Å². The molecule has 1 amide bonds. The van der Waals surface area contributed by atoms with Crippen LogP contribution >= 0.6 is 12.4 Å². The van der Waals surface area contributed by atoms with E-state index >= 15 is 0 Å². The van der Waals surface area contributed by atoms with Crippen molar-refractivity contribution in [3.05, 3.63) is 24.3 Å². The van der Waals surface area contributed by atoms with Crippen LogP contribution in [0.1, 0.15) is 39.5 Å². The number of rotatable bonds is 8. The van der Waals surface area contributed by atoms with Gasteiger partial charge in [-0.3, -0.25) is 9.69 Å². The minimum absolute atomic E-state index is 0. The molecule has 6 nitrogen and oxygen atoms in total. The third-order valence-corrected chi connectivity index (χ3v) is 6.89. The summed E-state index contributed by atoms with van der Waals surface area (Å²) in [5, 5.41) is 2.84. The molecule has 1 fully saturated rings. The van der Waals surface area contributed by atoms with Gasteiger partial charge < -0.3 is 5.32 Å². The first kappa shape index (κ1) is 22.9. The molecule has 0 radical (unpaired) electrons. The number of hydrogen-bond donors (Lipinski definition) is 1. The van der Waals surface area contributed by atoms with Gasteiger partial charge in [-0.15, -0.1) is 12.4 Å². The Balaban J connectivity index is 0.00000338. The molecule has 0 atom stereocenters. The van der Waals surface area contributed by atoms with Gasteiger partial charge in [0.15, 0.2) is 0 Å². The van der Waals surface area contributed by atoms with E-state index in [0.29, 0.717) is 31.4 Å². The van der Waals surface area contributed by atoms with Crippen molar-refractivity contribution in [1.82, 2.24) is 9.21 Å². The van der Waals surface area contributed by atoms with Gasteiger partial charge in [0.1, 0.15) is 0 Å². The molecule has 0 heterocycles. The van der Waals surface area contributed by atoms with Crippen LogP contribution in [0.2, 0.25) is 0 Å². The predicted octanol–water partition coefficient (Wildman–Crippen LogP) is 2.95. The molecule has 1 saturated carbocycles. The van der Waals surface area contributed by atoms with Gasteiger partial charge in [0.05, 0.1) is 11.4 Å². The quantitative estimate of drug-likeness (QED) is 0.724. The summed E-state index contributed by atoms with van der Waals surface area (Å²) in [6.07, 6.45) is 4.78. The maximum atomic E-state index is 12.5. The third-order valence-electron chi connectivity index (χ3n) is 4.82. The maximum absolute atomic E-state index is 12.5. The van der Waals surface area contributed by atoms with Crippen LogP contribution in [0, 0.1) is 0 Å². The Morgan fingerprint density at radius 1 is 1.12 bits per heavy atom. The Kier molecular flexibility index (Phi) is 9.03. The fourth-order valence-electron chi connectivity index (χ4n) is 3.32. The monoisotopic (exact) mass is 403 g/mol. The molecule has 148 valence electrons. The van der Waals surface area contributed by atoms with E-state index in [1.807, 2.05) is 20.9 Å². The molecule has 1 aromatic rings. The van der Waals surface area contributed by atoms with Crippen LogP contribution in [0.3, 0.4) is 0 Å². The maximum Gasteiger partial charge on any atom is 0.243 e. The second kappa shape index (κ2) is 10.3. The number of sulfonamides is 1. The molecule has 2 rings (SSSR count). The minimum Gasteiger partial charge on any atom is -0.325 e. The normalized spacial score (nSPS) is 15.3. The molecule has 0 aromatic heterocycles. The Bertz CT molecular complexity index is 669. The van der Waals surface area contributed by atoms with Crippen LogP contribution in [-0.2, 0) is 14.8 Å². The molecule has 1 N–H and O–H groups in total. The summed E-state index contributed by atoms with van der Waals surface area (Å²) in [7, 11) is -1.48. The van der Waals surface area contributed by atoms with E-state index in [0.717, 1.165) is 12.8 Å². The standard InChI is InChI=1S/C18H29N3O3S.ClH/c1-4-21(5-2)25(23,24)17-12-10-15(11-13-17)19-18(22)14-20(3)16-8-6-7-9-16;/h10-13,16H,4-9,14H2,1-3H3,(H,19,22);1H. The number of carbonyl (C=O) groups is 1. The highest BCUT2D eigenvalue weighted by Crippen LogP contribution is 2.22. The Hall–Kier alpha value is -1.15. The van der Waals surface area contributed by atoms with Gasteiger partial charge in [0, 0.05) is 24.8 Å². The largest absolute Gasteiger partial charge is 0.325 e. The summed E-state index contributed by atoms with van der Waals surface area (Å²) in [5.41, 5.74) is 0.614. The fraction of sp³-hybridized carbons (Fsp3) is 0.611. The highest BCUT2D eigenvalue weighted by Gasteiger charge is 2.22. The summed E-state index contributed by atoms with van der Waals surface area (Å²) in [4.78, 5) is 14.5. The lowest BCUT2D eigenvalue weighted by Crippen LogP contribution is -2.36. The van der Waals surface area contributed by atoms with Crippen molar-refractivity contribution in [2.45, 2.75) is 50.5 Å². The molecule has 0 saturated heterocycles. The van der Waals surface area contributed by atoms with Gasteiger partial charge in [-0.2, -0.15) is 4.31 Å². The first-order valence-electron chi connectivity index (χ1n) is 8.98. The molecule has 0 unspecified atom stereocenters. The van der Waals surface area contributed by atoms with Gasteiger partial charge in [-0.05, 0) is 44.2 Å². The molecule has 1 aromatic carbocycles. The second-order valence-electron chi connectivity index (χ2n) is 6.52. The summed E-state index contributed by atoms with van der Waals surface area (Å²) >= 11 is 0. The number of amides is 1. The number of benzene rings is 1. The van der Waals surface area contributed by atoms with Crippen molar-refractivity contribution in [1.29, 1.82) is 0 Å². The zero-order valence-electron chi connectivity index (χ0n) is 15.8. The first-order valence-corrected chi connectivity index (χ1v) is 10.4. The lowest BCUT2D eigenvalue weighted by atomic mass is 10.2. The van der Waals surface area contributed by atoms with E-state index in [4.69, 9.17) is 0 Å². The lowest BCUT2D eigenvalue weighted by molar-refractivity contribution is -0.117. The molecule has 0 aliphatic heterocycles. The van der Waals surface area contributed by atoms with E-state index in [1.54, 1.807) is 24.3 Å². The number of hydrogen-bond acceptors (Lipinski definition) is 4. The highest BCUT2D eigenvalue weighted by molar-refractivity contribution is 7.89. The summed E-state index contributed by atoms with van der Waals surface area (Å²) in [6, 6.07) is 6.87. The second-order valence-corrected chi connectivity index (χ2v) is 8.45. The molecular formula is C18H30ClN3O3S. The van der Waals surface area contributed by atoms with Crippen LogP contribution in [-0.4, -0.2) is 56.3 Å². The van der Waals surface area contributed by atoms with Gasteiger partial charge in [-0.1, -0.05) is 26.7 Å². The summed E-state index contributed by atoms with van der Waals surface area (Å²) in [5.74, 6) is -0.0752. The predicted molar refractivity (Wildman–Crippen MR) is 107 cm³/mol. The van der Waals surface area contributed by atoms with Crippen molar-refractivity contribution < 1.29 is 13.2 Å². The molecule has 26 heavy (non-hydrogen) atoms. The molecule has 1 aliphatic carbocycles. The van der Waals surface area contributed by atoms with Gasteiger partial charge >= 0.3 is 0 Å². The van der Waals surface area contributed by atoms with Crippen LogP contribution in [0.15, 0.2) is 29.2 Å². The van der Waals surface area contributed by atoms with Gasteiger partial charge in [0.2, 0.25) is 15.9 Å². The highest BCUT2D eigenvalue weighted by atomic mass is 35.5. The number of halogens is 1. The molecule has 1 aliphatic rings. The molecular weight excluding hydrogens is 374 g/mol. The van der Waals surface area contributed by atoms with E-state index < -0.39 is 10.0 Å². The Morgan fingerprint density at radius 3 is 2.15 bits per heavy atom. The van der Waals surface area contributed by atoms with E-state index in [1.165, 1.54) is 17.1 Å². The number of nitrogens with one attached hydrogen (secondary N) is 1. The van der Waals surface area contributed by atoms with E-state index in [9.17, 15) is 13.2 Å². The number of carbonyl (C=O) groups excluding carboxylic acids is 1. The van der Waals surface area contributed by atoms with E-state index in [-0.39, 0.29) is 23.2 Å². The molecule has 0 bridgehead atoms. The topological polar surface area (TPSA) is 69.7 Å². The minimum atomic E-state index is -3.46. The van der Waals surface area contributed by atoms with E-state index in [2.05, 4.69) is 10.2 Å². The number of likely N-dealkylation sites (N-methyl/N-ethyl adjacent to an activating group) is 1. The fourth-order valence-corrected chi connectivity index (χ4v) is 4.78. The smallest absolute Gasteiger partial charge is 0.243 e. The average molecular weight is 404 g/mol. The van der Waals surface area contributed by atoms with Crippen LogP contribution < -0.4 is 5.32 Å². The van der Waals surface area contributed by atoms with Crippen molar-refractivity contribution in [2.75, 3.05) is 32.0 Å². The van der Waals surface area contributed by atoms with Gasteiger partial charge in [0.25, 0.3) is 0 Å². The first-order chi connectivity index (χ1) is 11.9. The zero-order valence-corrected chi connectivity index (χ0v) is 17.4. The Morgan fingerprint density at radius 2 is 1.65 bits per heavy atom. The van der Waals surface area contributed by atoms with Crippen LogP contribution in [0.4, 0.5) is 5.69 Å². The van der Waals surface area contributed by atoms with Crippen molar-refractivity contribution in [2.24, 2.45) is 0 Å². The zero-order chi connectivity index (χ0) is 18.4. The number of nitrogens with zero attached hydrogens (tertiary/aromatic N) is 2.